The summed E-state index contributed by atoms with van der Waals surface area (Å²) in [4.78, 5) is 14.3. The molecule has 0 radical (unpaired) electrons. The van der Waals surface area contributed by atoms with Crippen molar-refractivity contribution >= 4 is 12.0 Å². The molecule has 0 bridgehead atoms. The number of benzene rings is 1. The number of ether oxygens (including phenoxy) is 2. The number of carbonyl (C=O) groups excluding carboxylic acids is 1. The normalized spacial score (nSPS) is 14.9. The lowest BCUT2D eigenvalue weighted by molar-refractivity contribution is -0.116. The Morgan fingerprint density at radius 2 is 1.92 bits per heavy atom. The van der Waals surface area contributed by atoms with Crippen molar-refractivity contribution in [2.24, 2.45) is 0 Å². The molecule has 1 aliphatic rings. The molecule has 1 fully saturated rings. The Labute approximate surface area is 144 Å². The molecule has 132 valence electrons. The Morgan fingerprint density at radius 1 is 1.17 bits per heavy atom. The first-order valence-corrected chi connectivity index (χ1v) is 8.63. The Bertz CT molecular complexity index is 552. The van der Waals surface area contributed by atoms with E-state index in [1.807, 2.05) is 18.2 Å². The van der Waals surface area contributed by atoms with Gasteiger partial charge in [-0.25, -0.2) is 0 Å². The summed E-state index contributed by atoms with van der Waals surface area (Å²) in [6, 6.07) is 5.56. The average molecular weight is 332 g/mol. The van der Waals surface area contributed by atoms with Crippen molar-refractivity contribution in [2.45, 2.75) is 25.7 Å². The van der Waals surface area contributed by atoms with Crippen molar-refractivity contribution < 1.29 is 14.3 Å². The predicted octanol–water partition coefficient (Wildman–Crippen LogP) is 2.71. The minimum Gasteiger partial charge on any atom is -0.493 e. The molecular weight excluding hydrogens is 304 g/mol. The molecule has 5 nitrogen and oxygen atoms in total. The van der Waals surface area contributed by atoms with Gasteiger partial charge in [0.1, 0.15) is 0 Å². The fourth-order valence-electron chi connectivity index (χ4n) is 2.87. The largest absolute Gasteiger partial charge is 0.493 e. The lowest BCUT2D eigenvalue weighted by Crippen LogP contribution is -2.24. The highest BCUT2D eigenvalue weighted by Gasteiger charge is 2.10. The summed E-state index contributed by atoms with van der Waals surface area (Å²) >= 11 is 0. The highest BCUT2D eigenvalue weighted by atomic mass is 16.5. The van der Waals surface area contributed by atoms with Gasteiger partial charge in [0.25, 0.3) is 0 Å². The molecule has 5 heteroatoms. The van der Waals surface area contributed by atoms with Gasteiger partial charge >= 0.3 is 0 Å². The molecule has 1 aromatic carbocycles. The summed E-state index contributed by atoms with van der Waals surface area (Å²) in [5, 5.41) is 2.93. The number of likely N-dealkylation sites (tertiary alicyclic amines) is 1. The van der Waals surface area contributed by atoms with Gasteiger partial charge in [-0.05, 0) is 69.1 Å². The number of rotatable bonds is 9. The van der Waals surface area contributed by atoms with E-state index in [2.05, 4.69) is 10.2 Å². The van der Waals surface area contributed by atoms with Gasteiger partial charge in [-0.3, -0.25) is 4.79 Å². The zero-order chi connectivity index (χ0) is 17.2. The summed E-state index contributed by atoms with van der Waals surface area (Å²) in [5.41, 5.74) is 0.900. The highest BCUT2D eigenvalue weighted by Crippen LogP contribution is 2.27. The summed E-state index contributed by atoms with van der Waals surface area (Å²) in [7, 11) is 3.20. The van der Waals surface area contributed by atoms with Gasteiger partial charge in [0.2, 0.25) is 5.91 Å². The molecule has 1 N–H and O–H groups in total. The van der Waals surface area contributed by atoms with E-state index in [-0.39, 0.29) is 5.91 Å². The number of methoxy groups -OCH3 is 2. The van der Waals surface area contributed by atoms with Crippen LogP contribution in [0.4, 0.5) is 0 Å². The molecule has 1 aromatic rings. The van der Waals surface area contributed by atoms with Gasteiger partial charge in [0.05, 0.1) is 14.2 Å². The summed E-state index contributed by atoms with van der Waals surface area (Å²) in [6.07, 6.45) is 8.16. The van der Waals surface area contributed by atoms with Crippen LogP contribution >= 0.6 is 0 Å². The van der Waals surface area contributed by atoms with Gasteiger partial charge in [-0.2, -0.15) is 0 Å². The second-order valence-electron chi connectivity index (χ2n) is 5.99. The molecular formula is C19H28N2O3. The standard InChI is InChI=1S/C19H28N2O3/c1-23-17-9-7-16(15-18(17)24-2)8-10-19(22)20-11-3-4-12-21-13-5-6-14-21/h7-10,15H,3-6,11-14H2,1-2H3,(H,20,22). The van der Waals surface area contributed by atoms with E-state index in [0.717, 1.165) is 31.5 Å². The molecule has 0 aliphatic carbocycles. The first-order valence-electron chi connectivity index (χ1n) is 8.63. The van der Waals surface area contributed by atoms with Crippen LogP contribution in [0.5, 0.6) is 11.5 Å². The third kappa shape index (κ3) is 5.89. The molecule has 1 saturated heterocycles. The van der Waals surface area contributed by atoms with E-state index >= 15 is 0 Å². The fraction of sp³-hybridized carbons (Fsp3) is 0.526. The number of nitrogens with one attached hydrogen (secondary N) is 1. The van der Waals surface area contributed by atoms with E-state index in [1.165, 1.54) is 25.9 Å². The maximum atomic E-state index is 11.8. The van der Waals surface area contributed by atoms with E-state index in [0.29, 0.717) is 11.5 Å². The number of hydrogen-bond acceptors (Lipinski definition) is 4. The second-order valence-corrected chi connectivity index (χ2v) is 5.99. The van der Waals surface area contributed by atoms with Crippen LogP contribution in [0.3, 0.4) is 0 Å². The third-order valence-corrected chi connectivity index (χ3v) is 4.23. The molecule has 0 saturated carbocycles. The Hall–Kier alpha value is -2.01. The van der Waals surface area contributed by atoms with E-state index < -0.39 is 0 Å². The molecule has 1 heterocycles. The van der Waals surface area contributed by atoms with Gasteiger partial charge in [0.15, 0.2) is 11.5 Å². The average Bonchev–Trinajstić information content (AvgIpc) is 3.12. The van der Waals surface area contributed by atoms with Crippen LogP contribution in [0.1, 0.15) is 31.2 Å². The minimum atomic E-state index is -0.0639. The van der Waals surface area contributed by atoms with Crippen molar-refractivity contribution in [1.82, 2.24) is 10.2 Å². The van der Waals surface area contributed by atoms with E-state index in [1.54, 1.807) is 26.4 Å². The third-order valence-electron chi connectivity index (χ3n) is 4.23. The zero-order valence-electron chi connectivity index (χ0n) is 14.7. The van der Waals surface area contributed by atoms with Crippen LogP contribution < -0.4 is 14.8 Å². The number of hydrogen-bond donors (Lipinski definition) is 1. The first-order chi connectivity index (χ1) is 11.7. The summed E-state index contributed by atoms with van der Waals surface area (Å²) in [5.74, 6) is 1.27. The number of unbranched alkanes of at least 4 members (excludes halogenated alkanes) is 1. The Balaban J connectivity index is 1.68. The quantitative estimate of drug-likeness (QED) is 0.558. The van der Waals surface area contributed by atoms with Crippen molar-refractivity contribution in [3.05, 3.63) is 29.8 Å². The van der Waals surface area contributed by atoms with E-state index in [9.17, 15) is 4.79 Å². The van der Waals surface area contributed by atoms with Crippen LogP contribution in [0.25, 0.3) is 6.08 Å². The van der Waals surface area contributed by atoms with Crippen molar-refractivity contribution in [1.29, 1.82) is 0 Å². The van der Waals surface area contributed by atoms with E-state index in [4.69, 9.17) is 9.47 Å². The highest BCUT2D eigenvalue weighted by molar-refractivity contribution is 5.91. The first kappa shape index (κ1) is 18.3. The lowest BCUT2D eigenvalue weighted by Gasteiger charge is -2.13. The van der Waals surface area contributed by atoms with Gasteiger partial charge in [-0.1, -0.05) is 6.07 Å². The zero-order valence-corrected chi connectivity index (χ0v) is 14.7. The second kappa shape index (κ2) is 9.98. The van der Waals surface area contributed by atoms with Gasteiger partial charge in [0, 0.05) is 12.6 Å². The maximum absolute atomic E-state index is 11.8. The molecule has 1 aliphatic heterocycles. The Morgan fingerprint density at radius 3 is 2.62 bits per heavy atom. The molecule has 1 amide bonds. The number of carbonyl (C=O) groups is 1. The van der Waals surface area contributed by atoms with Crippen LogP contribution in [-0.4, -0.2) is 51.2 Å². The topological polar surface area (TPSA) is 50.8 Å². The van der Waals surface area contributed by atoms with Crippen LogP contribution in [0.2, 0.25) is 0 Å². The number of nitrogens with zero attached hydrogens (tertiary/aromatic N) is 1. The van der Waals surface area contributed by atoms with Crippen molar-refractivity contribution in [3.8, 4) is 11.5 Å². The maximum Gasteiger partial charge on any atom is 0.243 e. The lowest BCUT2D eigenvalue weighted by atomic mass is 10.2. The van der Waals surface area contributed by atoms with Gasteiger partial charge < -0.3 is 19.7 Å². The SMILES string of the molecule is COc1ccc(C=CC(=O)NCCCCN2CCCC2)cc1OC. The molecule has 0 spiro atoms. The molecule has 0 unspecified atom stereocenters. The van der Waals surface area contributed by atoms with Crippen molar-refractivity contribution in [3.63, 3.8) is 0 Å². The number of amides is 1. The fourth-order valence-corrected chi connectivity index (χ4v) is 2.87. The monoisotopic (exact) mass is 332 g/mol. The predicted molar refractivity (Wildman–Crippen MR) is 96.5 cm³/mol. The van der Waals surface area contributed by atoms with Crippen LogP contribution in [0, 0.1) is 0 Å². The molecule has 24 heavy (non-hydrogen) atoms. The smallest absolute Gasteiger partial charge is 0.243 e. The van der Waals surface area contributed by atoms with Crippen LogP contribution in [0.15, 0.2) is 24.3 Å². The molecule has 0 atom stereocenters. The van der Waals surface area contributed by atoms with Crippen molar-refractivity contribution in [2.75, 3.05) is 40.4 Å². The molecule has 0 aromatic heterocycles. The minimum absolute atomic E-state index is 0.0639. The Kier molecular flexibility index (Phi) is 7.62. The molecule has 2 rings (SSSR count). The summed E-state index contributed by atoms with van der Waals surface area (Å²) < 4.78 is 10.5. The van der Waals surface area contributed by atoms with Crippen LogP contribution in [-0.2, 0) is 4.79 Å². The summed E-state index contributed by atoms with van der Waals surface area (Å²) in [6.45, 7) is 4.35. The van der Waals surface area contributed by atoms with Gasteiger partial charge in [-0.15, -0.1) is 0 Å².